The molecule has 134 valence electrons. The minimum absolute atomic E-state index is 0.0680. The number of rotatable bonds is 2. The second-order valence-corrected chi connectivity index (χ2v) is 6.45. The molecule has 1 saturated heterocycles. The van der Waals surface area contributed by atoms with Crippen molar-refractivity contribution in [3.63, 3.8) is 0 Å². The van der Waals surface area contributed by atoms with Crippen molar-refractivity contribution in [2.75, 3.05) is 31.1 Å². The number of hydrogen-bond donors (Lipinski definition) is 0. The van der Waals surface area contributed by atoms with Gasteiger partial charge >= 0.3 is 0 Å². The fourth-order valence-corrected chi connectivity index (χ4v) is 3.68. The van der Waals surface area contributed by atoms with E-state index >= 15 is 0 Å². The summed E-state index contributed by atoms with van der Waals surface area (Å²) < 4.78 is 5.17. The molecule has 0 radical (unpaired) electrons. The Morgan fingerprint density at radius 1 is 1.04 bits per heavy atom. The van der Waals surface area contributed by atoms with E-state index in [0.717, 1.165) is 0 Å². The predicted molar refractivity (Wildman–Crippen MR) is 93.9 cm³/mol. The lowest BCUT2D eigenvalue weighted by Crippen LogP contribution is -2.58. The summed E-state index contributed by atoms with van der Waals surface area (Å²) in [4.78, 5) is 42.7. The Kier molecular flexibility index (Phi) is 4.08. The molecule has 0 spiro atoms. The highest BCUT2D eigenvalue weighted by Gasteiger charge is 2.43. The van der Waals surface area contributed by atoms with E-state index in [1.165, 1.54) is 13.2 Å². The molecule has 2 amide bonds. The molecule has 7 nitrogen and oxygen atoms in total. The first kappa shape index (κ1) is 16.5. The minimum Gasteiger partial charge on any atom is -0.459 e. The number of anilines is 1. The molecule has 1 fully saturated rings. The lowest BCUT2D eigenvalue weighted by molar-refractivity contribution is -0.117. The Morgan fingerprint density at radius 2 is 1.77 bits per heavy atom. The van der Waals surface area contributed by atoms with Gasteiger partial charge in [0.05, 0.1) is 12.0 Å². The van der Waals surface area contributed by atoms with E-state index < -0.39 is 6.17 Å². The van der Waals surface area contributed by atoms with Gasteiger partial charge in [0.25, 0.3) is 5.91 Å². The summed E-state index contributed by atoms with van der Waals surface area (Å²) in [5.74, 6) is -0.0729. The molecular weight excluding hydrogens is 334 g/mol. The molecule has 1 atom stereocenters. The van der Waals surface area contributed by atoms with Gasteiger partial charge in [-0.15, -0.1) is 0 Å². The Hall–Kier alpha value is -2.93. The van der Waals surface area contributed by atoms with Crippen LogP contribution in [0.25, 0.3) is 0 Å². The summed E-state index contributed by atoms with van der Waals surface area (Å²) in [5.41, 5.74) is 1.23. The largest absolute Gasteiger partial charge is 0.459 e. The number of Topliss-reactive ketones (excluding diaryl/α,β-unsaturated/α-hetero) is 1. The number of carbonyl (C=O) groups excluding carboxylic acids is 3. The Labute approximate surface area is 150 Å². The molecule has 26 heavy (non-hydrogen) atoms. The van der Waals surface area contributed by atoms with E-state index in [1.807, 2.05) is 11.0 Å². The molecule has 0 aliphatic carbocycles. The molecular formula is C19H19N3O4. The van der Waals surface area contributed by atoms with Gasteiger partial charge in [-0.3, -0.25) is 24.2 Å². The Morgan fingerprint density at radius 3 is 2.42 bits per heavy atom. The summed E-state index contributed by atoms with van der Waals surface area (Å²) in [5, 5.41) is 0. The van der Waals surface area contributed by atoms with Gasteiger partial charge in [-0.2, -0.15) is 0 Å². The predicted octanol–water partition coefficient (Wildman–Crippen LogP) is 1.61. The first-order valence-corrected chi connectivity index (χ1v) is 8.58. The topological polar surface area (TPSA) is 74.1 Å². The molecule has 0 N–H and O–H groups in total. The third-order valence-electron chi connectivity index (χ3n) is 4.93. The number of benzene rings is 1. The van der Waals surface area contributed by atoms with Crippen molar-refractivity contribution in [2.45, 2.75) is 13.1 Å². The monoisotopic (exact) mass is 353 g/mol. The molecule has 7 heteroatoms. The maximum atomic E-state index is 12.9. The van der Waals surface area contributed by atoms with Crippen LogP contribution in [0.4, 0.5) is 5.69 Å². The van der Waals surface area contributed by atoms with Gasteiger partial charge in [0.15, 0.2) is 11.9 Å². The first-order valence-electron chi connectivity index (χ1n) is 8.58. The highest BCUT2D eigenvalue weighted by molar-refractivity contribution is 6.17. The zero-order chi connectivity index (χ0) is 18.3. The molecule has 4 rings (SSSR count). The average molecular weight is 353 g/mol. The summed E-state index contributed by atoms with van der Waals surface area (Å²) in [6, 6.07) is 10.5. The maximum absolute atomic E-state index is 12.9. The van der Waals surface area contributed by atoms with Crippen LogP contribution >= 0.6 is 0 Å². The molecule has 2 aliphatic rings. The van der Waals surface area contributed by atoms with E-state index in [4.69, 9.17) is 4.42 Å². The van der Waals surface area contributed by atoms with Crippen LogP contribution in [0.1, 0.15) is 27.8 Å². The van der Waals surface area contributed by atoms with E-state index in [1.54, 1.807) is 40.1 Å². The van der Waals surface area contributed by atoms with Gasteiger partial charge in [-0.05, 0) is 24.3 Å². The van der Waals surface area contributed by atoms with Gasteiger partial charge in [-0.1, -0.05) is 12.1 Å². The third-order valence-corrected chi connectivity index (χ3v) is 4.93. The standard InChI is InChI=1S/C19H19N3O4/c1-13(23)22-15-6-3-2-5-14(15)17(24)18(22)20-8-10-21(11-9-20)19(25)16-7-4-12-26-16/h2-7,12,18H,8-11H2,1H3/t18-/m1/s1. The summed E-state index contributed by atoms with van der Waals surface area (Å²) in [6.07, 6.45) is 0.841. The number of nitrogens with zero attached hydrogens (tertiary/aromatic N) is 3. The Bertz CT molecular complexity index is 853. The van der Waals surface area contributed by atoms with Crippen LogP contribution in [0.5, 0.6) is 0 Å². The molecule has 2 aliphatic heterocycles. The van der Waals surface area contributed by atoms with Crippen LogP contribution in [0.3, 0.4) is 0 Å². The van der Waals surface area contributed by atoms with Crippen LogP contribution in [-0.2, 0) is 4.79 Å². The first-order chi connectivity index (χ1) is 12.6. The van der Waals surface area contributed by atoms with Gasteiger partial charge in [-0.25, -0.2) is 0 Å². The molecule has 0 saturated carbocycles. The Balaban J connectivity index is 1.51. The van der Waals surface area contributed by atoms with Crippen LogP contribution in [-0.4, -0.2) is 59.7 Å². The normalized spacial score (nSPS) is 20.3. The fraction of sp³-hybridized carbons (Fsp3) is 0.316. The van der Waals surface area contributed by atoms with Crippen LogP contribution < -0.4 is 4.90 Å². The number of fused-ring (bicyclic) bond motifs is 1. The summed E-state index contributed by atoms with van der Waals surface area (Å²) in [6.45, 7) is 3.46. The summed E-state index contributed by atoms with van der Waals surface area (Å²) in [7, 11) is 0. The van der Waals surface area contributed by atoms with Crippen molar-refractivity contribution < 1.29 is 18.8 Å². The highest BCUT2D eigenvalue weighted by atomic mass is 16.3. The van der Waals surface area contributed by atoms with Crippen molar-refractivity contribution in [1.82, 2.24) is 9.80 Å². The quantitative estimate of drug-likeness (QED) is 0.820. The van der Waals surface area contributed by atoms with Crippen molar-refractivity contribution in [3.05, 3.63) is 54.0 Å². The van der Waals surface area contributed by atoms with E-state index in [0.29, 0.717) is 43.2 Å². The van der Waals surface area contributed by atoms with Crippen molar-refractivity contribution in [2.24, 2.45) is 0 Å². The molecule has 1 aromatic carbocycles. The number of amides is 2. The highest BCUT2D eigenvalue weighted by Crippen LogP contribution is 2.34. The van der Waals surface area contributed by atoms with Crippen LogP contribution in [0, 0.1) is 0 Å². The average Bonchev–Trinajstić information content (AvgIpc) is 3.28. The number of ketones is 1. The van der Waals surface area contributed by atoms with E-state index in [2.05, 4.69) is 0 Å². The number of carbonyl (C=O) groups is 3. The van der Waals surface area contributed by atoms with Crippen molar-refractivity contribution in [1.29, 1.82) is 0 Å². The molecule has 0 unspecified atom stereocenters. The zero-order valence-corrected chi connectivity index (χ0v) is 14.4. The van der Waals surface area contributed by atoms with Gasteiger partial charge in [0.1, 0.15) is 0 Å². The number of hydrogen-bond acceptors (Lipinski definition) is 5. The molecule has 3 heterocycles. The molecule has 2 aromatic rings. The van der Waals surface area contributed by atoms with Crippen molar-refractivity contribution >= 4 is 23.3 Å². The zero-order valence-electron chi connectivity index (χ0n) is 14.4. The minimum atomic E-state index is -0.634. The van der Waals surface area contributed by atoms with Crippen LogP contribution in [0.2, 0.25) is 0 Å². The van der Waals surface area contributed by atoms with Crippen LogP contribution in [0.15, 0.2) is 47.1 Å². The summed E-state index contributed by atoms with van der Waals surface area (Å²) >= 11 is 0. The second-order valence-electron chi connectivity index (χ2n) is 6.45. The molecule has 0 bridgehead atoms. The fourth-order valence-electron chi connectivity index (χ4n) is 3.68. The number of para-hydroxylation sites is 1. The van der Waals surface area contributed by atoms with Crippen molar-refractivity contribution in [3.8, 4) is 0 Å². The smallest absolute Gasteiger partial charge is 0.289 e. The number of furan rings is 1. The van der Waals surface area contributed by atoms with Gasteiger partial charge in [0, 0.05) is 38.7 Å². The van der Waals surface area contributed by atoms with Gasteiger partial charge < -0.3 is 9.32 Å². The van der Waals surface area contributed by atoms with E-state index in [9.17, 15) is 14.4 Å². The maximum Gasteiger partial charge on any atom is 0.289 e. The molecule has 1 aromatic heterocycles. The SMILES string of the molecule is CC(=O)N1c2ccccc2C(=O)[C@@H]1N1CCN(C(=O)c2ccco2)CC1. The van der Waals surface area contributed by atoms with E-state index in [-0.39, 0.29) is 17.6 Å². The third kappa shape index (κ3) is 2.61. The lowest BCUT2D eigenvalue weighted by Gasteiger charge is -2.39. The number of piperazine rings is 1. The lowest BCUT2D eigenvalue weighted by atomic mass is 10.1. The van der Waals surface area contributed by atoms with Gasteiger partial charge in [0.2, 0.25) is 11.7 Å². The second kappa shape index (κ2) is 6.42.